The van der Waals surface area contributed by atoms with Crippen molar-refractivity contribution in [2.75, 3.05) is 26.7 Å². The molecule has 1 aromatic heterocycles. The van der Waals surface area contributed by atoms with Gasteiger partial charge in [0.1, 0.15) is 11.4 Å². The molecule has 2 N–H and O–H groups in total. The number of hydrogen-bond acceptors (Lipinski definition) is 3. The molecule has 28 heavy (non-hydrogen) atoms. The highest BCUT2D eigenvalue weighted by molar-refractivity contribution is 9.10. The molecule has 0 saturated carbocycles. The van der Waals surface area contributed by atoms with Gasteiger partial charge >= 0.3 is 0 Å². The molecule has 0 aliphatic heterocycles. The van der Waals surface area contributed by atoms with Crippen molar-refractivity contribution in [1.82, 2.24) is 15.2 Å². The number of likely N-dealkylation sites (N-methyl/N-ethyl adjacent to an activating group) is 1. The number of amides is 1. The van der Waals surface area contributed by atoms with Gasteiger partial charge in [-0.15, -0.1) is 0 Å². The number of methoxy groups -OCH3 is 1. The second-order valence-electron chi connectivity index (χ2n) is 6.58. The lowest BCUT2D eigenvalue weighted by Gasteiger charge is -2.30. The van der Waals surface area contributed by atoms with Gasteiger partial charge in [0.05, 0.1) is 17.6 Å². The molecule has 1 amide bonds. The molecule has 6 heteroatoms. The smallest absolute Gasteiger partial charge is 0.268 e. The van der Waals surface area contributed by atoms with Crippen LogP contribution in [0.5, 0.6) is 5.75 Å². The topological polar surface area (TPSA) is 57.4 Å². The van der Waals surface area contributed by atoms with Crippen LogP contribution in [0.3, 0.4) is 0 Å². The fraction of sp³-hybridized carbons (Fsp3) is 0.318. The Labute approximate surface area is 174 Å². The number of carbonyl (C=O) groups excluding carboxylic acids is 1. The highest BCUT2D eigenvalue weighted by Crippen LogP contribution is 2.28. The lowest BCUT2D eigenvalue weighted by molar-refractivity contribution is 0.0930. The SMILES string of the molecule is CCN(CC)C(CNC(=O)c1[nH]c2ccccc2c1Br)c1cccc(OC)c1. The molecule has 1 heterocycles. The number of H-pyrrole nitrogens is 1. The first kappa shape index (κ1) is 20.4. The number of fused-ring (bicyclic) bond motifs is 1. The van der Waals surface area contributed by atoms with Crippen molar-refractivity contribution in [1.29, 1.82) is 0 Å². The zero-order valence-corrected chi connectivity index (χ0v) is 18.0. The van der Waals surface area contributed by atoms with Crippen LogP contribution in [0.15, 0.2) is 53.0 Å². The van der Waals surface area contributed by atoms with Gasteiger partial charge in [-0.25, -0.2) is 0 Å². The summed E-state index contributed by atoms with van der Waals surface area (Å²) in [7, 11) is 1.67. The van der Waals surface area contributed by atoms with Crippen LogP contribution in [-0.4, -0.2) is 42.5 Å². The van der Waals surface area contributed by atoms with Crippen LogP contribution in [0.25, 0.3) is 10.9 Å². The summed E-state index contributed by atoms with van der Waals surface area (Å²) in [6.45, 7) is 6.56. The lowest BCUT2D eigenvalue weighted by Crippen LogP contribution is -2.38. The van der Waals surface area contributed by atoms with Crippen LogP contribution in [0, 0.1) is 0 Å². The van der Waals surface area contributed by atoms with Crippen LogP contribution in [0.1, 0.15) is 35.9 Å². The Hall–Kier alpha value is -2.31. The maximum absolute atomic E-state index is 12.9. The van der Waals surface area contributed by atoms with E-state index in [1.165, 1.54) is 0 Å². The van der Waals surface area contributed by atoms with E-state index < -0.39 is 0 Å². The number of para-hydroxylation sites is 1. The number of aromatic amines is 1. The molecule has 148 valence electrons. The summed E-state index contributed by atoms with van der Waals surface area (Å²) in [5, 5.41) is 4.10. The van der Waals surface area contributed by atoms with Crippen molar-refractivity contribution in [3.63, 3.8) is 0 Å². The number of rotatable bonds is 8. The van der Waals surface area contributed by atoms with E-state index in [2.05, 4.69) is 51.0 Å². The van der Waals surface area contributed by atoms with Gasteiger partial charge in [-0.3, -0.25) is 9.69 Å². The maximum Gasteiger partial charge on any atom is 0.268 e. The molecule has 0 spiro atoms. The summed E-state index contributed by atoms with van der Waals surface area (Å²) in [5.41, 5.74) is 2.61. The highest BCUT2D eigenvalue weighted by Gasteiger charge is 2.21. The third kappa shape index (κ3) is 4.23. The van der Waals surface area contributed by atoms with Crippen LogP contribution >= 0.6 is 15.9 Å². The predicted molar refractivity (Wildman–Crippen MR) is 117 cm³/mol. The average molecular weight is 444 g/mol. The van der Waals surface area contributed by atoms with E-state index in [4.69, 9.17) is 4.74 Å². The summed E-state index contributed by atoms with van der Waals surface area (Å²) < 4.78 is 6.17. The Morgan fingerprint density at radius 1 is 1.18 bits per heavy atom. The Kier molecular flexibility index (Phi) is 6.75. The van der Waals surface area contributed by atoms with Gasteiger partial charge in [0, 0.05) is 17.4 Å². The molecule has 3 rings (SSSR count). The first-order valence-electron chi connectivity index (χ1n) is 9.51. The van der Waals surface area contributed by atoms with E-state index in [1.807, 2.05) is 42.5 Å². The normalized spacial score (nSPS) is 12.3. The Morgan fingerprint density at radius 3 is 2.61 bits per heavy atom. The lowest BCUT2D eigenvalue weighted by atomic mass is 10.0. The van der Waals surface area contributed by atoms with Gasteiger partial charge in [0.25, 0.3) is 5.91 Å². The summed E-state index contributed by atoms with van der Waals surface area (Å²) in [6.07, 6.45) is 0. The standard InChI is InChI=1S/C22H26BrN3O2/c1-4-26(5-2)19(15-9-8-10-16(13-15)28-3)14-24-22(27)21-20(23)17-11-6-7-12-18(17)25-21/h6-13,19,25H,4-5,14H2,1-3H3,(H,24,27). The zero-order chi connectivity index (χ0) is 20.1. The van der Waals surface area contributed by atoms with Crippen molar-refractivity contribution < 1.29 is 9.53 Å². The summed E-state index contributed by atoms with van der Waals surface area (Å²) in [4.78, 5) is 18.4. The quantitative estimate of drug-likeness (QED) is 0.527. The number of aromatic nitrogens is 1. The first-order chi connectivity index (χ1) is 13.6. The van der Waals surface area contributed by atoms with Gasteiger partial charge in [0.2, 0.25) is 0 Å². The summed E-state index contributed by atoms with van der Waals surface area (Å²) >= 11 is 3.56. The van der Waals surface area contributed by atoms with Gasteiger partial charge < -0.3 is 15.0 Å². The Bertz CT molecular complexity index is 950. The van der Waals surface area contributed by atoms with Crippen LogP contribution in [0.2, 0.25) is 0 Å². The monoisotopic (exact) mass is 443 g/mol. The van der Waals surface area contributed by atoms with E-state index in [1.54, 1.807) is 7.11 Å². The molecule has 0 fully saturated rings. The molecule has 0 bridgehead atoms. The third-order valence-electron chi connectivity index (χ3n) is 5.06. The number of halogens is 1. The minimum Gasteiger partial charge on any atom is -0.497 e. The minimum atomic E-state index is -0.122. The molecular formula is C22H26BrN3O2. The summed E-state index contributed by atoms with van der Waals surface area (Å²) in [6, 6.07) is 16.0. The van der Waals surface area contributed by atoms with Gasteiger partial charge in [0.15, 0.2) is 0 Å². The molecule has 0 aliphatic rings. The first-order valence-corrected chi connectivity index (χ1v) is 10.3. The largest absolute Gasteiger partial charge is 0.497 e. The van der Waals surface area contributed by atoms with E-state index in [0.29, 0.717) is 12.2 Å². The molecule has 1 atom stereocenters. The zero-order valence-electron chi connectivity index (χ0n) is 16.5. The van der Waals surface area contributed by atoms with Crippen LogP contribution in [-0.2, 0) is 0 Å². The summed E-state index contributed by atoms with van der Waals surface area (Å²) in [5.74, 6) is 0.697. The molecule has 2 aromatic carbocycles. The minimum absolute atomic E-state index is 0.0669. The number of nitrogens with one attached hydrogen (secondary N) is 2. The molecule has 3 aromatic rings. The van der Waals surface area contributed by atoms with E-state index in [0.717, 1.165) is 39.8 Å². The third-order valence-corrected chi connectivity index (χ3v) is 5.88. The maximum atomic E-state index is 12.9. The average Bonchev–Trinajstić information content (AvgIpc) is 3.08. The molecule has 5 nitrogen and oxygen atoms in total. The Morgan fingerprint density at radius 2 is 1.93 bits per heavy atom. The predicted octanol–water partition coefficient (Wildman–Crippen LogP) is 4.75. The molecule has 0 aliphatic carbocycles. The van der Waals surface area contributed by atoms with Crippen LogP contribution < -0.4 is 10.1 Å². The van der Waals surface area contributed by atoms with Crippen molar-refractivity contribution in [3.05, 3.63) is 64.3 Å². The van der Waals surface area contributed by atoms with E-state index in [9.17, 15) is 4.79 Å². The van der Waals surface area contributed by atoms with Gasteiger partial charge in [-0.2, -0.15) is 0 Å². The number of hydrogen-bond donors (Lipinski definition) is 2. The molecule has 1 unspecified atom stereocenters. The van der Waals surface area contributed by atoms with Crippen LogP contribution in [0.4, 0.5) is 0 Å². The number of nitrogens with zero attached hydrogens (tertiary/aromatic N) is 1. The second-order valence-corrected chi connectivity index (χ2v) is 7.38. The fourth-order valence-corrected chi connectivity index (χ4v) is 4.14. The fourth-order valence-electron chi connectivity index (χ4n) is 3.51. The van der Waals surface area contributed by atoms with Crippen molar-refractivity contribution in [2.45, 2.75) is 19.9 Å². The number of carbonyl (C=O) groups is 1. The number of benzene rings is 2. The van der Waals surface area contributed by atoms with Crippen molar-refractivity contribution in [2.24, 2.45) is 0 Å². The second kappa shape index (κ2) is 9.26. The van der Waals surface area contributed by atoms with E-state index >= 15 is 0 Å². The van der Waals surface area contributed by atoms with Gasteiger partial charge in [-0.1, -0.05) is 44.2 Å². The van der Waals surface area contributed by atoms with Gasteiger partial charge in [-0.05, 0) is 52.8 Å². The Balaban J connectivity index is 1.82. The van der Waals surface area contributed by atoms with Crippen molar-refractivity contribution in [3.8, 4) is 5.75 Å². The molecule has 0 radical (unpaired) electrons. The van der Waals surface area contributed by atoms with Crippen molar-refractivity contribution >= 4 is 32.7 Å². The van der Waals surface area contributed by atoms with E-state index in [-0.39, 0.29) is 11.9 Å². The molecular weight excluding hydrogens is 418 g/mol. The number of ether oxygens (including phenoxy) is 1. The highest BCUT2D eigenvalue weighted by atomic mass is 79.9. The molecule has 0 saturated heterocycles.